The van der Waals surface area contributed by atoms with E-state index in [1.165, 1.54) is 12.5 Å². The number of rotatable bonds is 6. The molecule has 1 aromatic rings. The number of hydrogen-bond acceptors (Lipinski definition) is 6. The van der Waals surface area contributed by atoms with Gasteiger partial charge in [-0.05, 0) is 0 Å². The van der Waals surface area contributed by atoms with Crippen molar-refractivity contribution in [3.05, 3.63) is 11.1 Å². The van der Waals surface area contributed by atoms with Crippen molar-refractivity contribution in [1.82, 2.24) is 4.98 Å². The number of halogens is 3. The maximum atomic E-state index is 11.7. The van der Waals surface area contributed by atoms with Crippen molar-refractivity contribution in [2.75, 3.05) is 32.2 Å². The van der Waals surface area contributed by atoms with Gasteiger partial charge in [0.2, 0.25) is 0 Å². The minimum atomic E-state index is -4.32. The Bertz CT molecular complexity index is 395. The number of methoxy groups -OCH3 is 1. The highest BCUT2D eigenvalue weighted by Crippen LogP contribution is 2.16. The minimum Gasteiger partial charge on any atom is -0.464 e. The first-order valence-electron chi connectivity index (χ1n) is 4.84. The molecule has 1 rings (SSSR count). The van der Waals surface area contributed by atoms with Crippen molar-refractivity contribution in [2.45, 2.75) is 6.18 Å². The zero-order chi connectivity index (χ0) is 13.6. The van der Waals surface area contributed by atoms with Crippen LogP contribution in [0.25, 0.3) is 0 Å². The van der Waals surface area contributed by atoms with Crippen molar-refractivity contribution in [1.29, 1.82) is 0 Å². The van der Waals surface area contributed by atoms with E-state index in [9.17, 15) is 18.0 Å². The monoisotopic (exact) mass is 284 g/mol. The zero-order valence-corrected chi connectivity index (χ0v) is 10.2. The fraction of sp³-hybridized carbons (Fsp3) is 0.556. The fourth-order valence-corrected chi connectivity index (χ4v) is 1.68. The molecule has 0 radical (unpaired) electrons. The summed E-state index contributed by atoms with van der Waals surface area (Å²) >= 11 is 1.16. The van der Waals surface area contributed by atoms with Crippen molar-refractivity contribution < 1.29 is 27.4 Å². The second-order valence-corrected chi connectivity index (χ2v) is 3.98. The lowest BCUT2D eigenvalue weighted by atomic mass is 10.5. The average molecular weight is 284 g/mol. The first-order chi connectivity index (χ1) is 8.42. The van der Waals surface area contributed by atoms with E-state index in [0.29, 0.717) is 5.13 Å². The van der Waals surface area contributed by atoms with E-state index >= 15 is 0 Å². The van der Waals surface area contributed by atoms with E-state index in [1.54, 1.807) is 0 Å². The van der Waals surface area contributed by atoms with E-state index in [1.807, 2.05) is 0 Å². The lowest BCUT2D eigenvalue weighted by Crippen LogP contribution is -2.20. The van der Waals surface area contributed by atoms with E-state index in [-0.39, 0.29) is 18.8 Å². The number of alkyl halides is 3. The zero-order valence-electron chi connectivity index (χ0n) is 9.41. The number of aromatic nitrogens is 1. The summed E-state index contributed by atoms with van der Waals surface area (Å²) in [6, 6.07) is 0. The molecule has 0 saturated carbocycles. The van der Waals surface area contributed by atoms with E-state index in [4.69, 9.17) is 0 Å². The van der Waals surface area contributed by atoms with Gasteiger partial charge in [-0.3, -0.25) is 0 Å². The Kier molecular flexibility index (Phi) is 5.35. The van der Waals surface area contributed by atoms with Crippen molar-refractivity contribution in [2.24, 2.45) is 0 Å². The normalized spacial score (nSPS) is 11.3. The van der Waals surface area contributed by atoms with Crippen molar-refractivity contribution >= 4 is 22.4 Å². The molecule has 1 N–H and O–H groups in total. The Hall–Kier alpha value is -1.35. The highest BCUT2D eigenvalue weighted by Gasteiger charge is 2.27. The van der Waals surface area contributed by atoms with Gasteiger partial charge < -0.3 is 14.8 Å². The molecule has 102 valence electrons. The largest absolute Gasteiger partial charge is 0.464 e. The summed E-state index contributed by atoms with van der Waals surface area (Å²) < 4.78 is 44.0. The Morgan fingerprint density at radius 2 is 2.28 bits per heavy atom. The third-order valence-electron chi connectivity index (χ3n) is 1.69. The molecule has 0 aromatic carbocycles. The molecule has 0 aliphatic carbocycles. The molecule has 5 nitrogen and oxygen atoms in total. The lowest BCUT2D eigenvalue weighted by Gasteiger charge is -2.07. The van der Waals surface area contributed by atoms with Gasteiger partial charge in [0.1, 0.15) is 6.61 Å². The van der Waals surface area contributed by atoms with Crippen LogP contribution < -0.4 is 5.32 Å². The first-order valence-corrected chi connectivity index (χ1v) is 5.72. The summed E-state index contributed by atoms with van der Waals surface area (Å²) in [7, 11) is 1.24. The number of thiazole rings is 1. The smallest absolute Gasteiger partial charge is 0.411 e. The molecule has 0 atom stereocenters. The number of esters is 1. The van der Waals surface area contributed by atoms with Crippen molar-refractivity contribution in [3.63, 3.8) is 0 Å². The summed E-state index contributed by atoms with van der Waals surface area (Å²) in [5.41, 5.74) is 0.154. The van der Waals surface area contributed by atoms with Gasteiger partial charge in [0, 0.05) is 11.9 Å². The predicted octanol–water partition coefficient (Wildman–Crippen LogP) is 1.92. The predicted molar refractivity (Wildman–Crippen MR) is 58.8 cm³/mol. The Balaban J connectivity index is 2.24. The van der Waals surface area contributed by atoms with E-state index in [0.717, 1.165) is 11.3 Å². The first kappa shape index (κ1) is 14.7. The molecule has 0 fully saturated rings. The summed E-state index contributed by atoms with van der Waals surface area (Å²) in [5, 5.41) is 4.65. The number of ether oxygens (including phenoxy) is 2. The lowest BCUT2D eigenvalue weighted by molar-refractivity contribution is -0.172. The quantitative estimate of drug-likeness (QED) is 0.639. The van der Waals surface area contributed by atoms with Gasteiger partial charge in [-0.2, -0.15) is 13.2 Å². The van der Waals surface area contributed by atoms with Crippen LogP contribution in [0.4, 0.5) is 18.3 Å². The van der Waals surface area contributed by atoms with Crippen LogP contribution in [0.1, 0.15) is 10.5 Å². The van der Waals surface area contributed by atoms with Crippen LogP contribution in [-0.4, -0.2) is 44.0 Å². The van der Waals surface area contributed by atoms with Gasteiger partial charge in [-0.1, -0.05) is 0 Å². The Morgan fingerprint density at radius 1 is 1.56 bits per heavy atom. The molecule has 0 bridgehead atoms. The SMILES string of the molecule is COC(=O)c1csc(NCCOCC(F)(F)F)n1. The van der Waals surface area contributed by atoms with Crippen LogP contribution in [0.2, 0.25) is 0 Å². The number of nitrogens with zero attached hydrogens (tertiary/aromatic N) is 1. The number of anilines is 1. The maximum absolute atomic E-state index is 11.7. The molecule has 18 heavy (non-hydrogen) atoms. The molecular weight excluding hydrogens is 273 g/mol. The molecule has 0 unspecified atom stereocenters. The Labute approximate surface area is 105 Å². The topological polar surface area (TPSA) is 60.5 Å². The van der Waals surface area contributed by atoms with E-state index < -0.39 is 18.8 Å². The highest BCUT2D eigenvalue weighted by atomic mass is 32.1. The molecular formula is C9H11F3N2O3S. The highest BCUT2D eigenvalue weighted by molar-refractivity contribution is 7.13. The standard InChI is InChI=1S/C9H11F3N2O3S/c1-16-7(15)6-4-18-8(14-6)13-2-3-17-5-9(10,11)12/h4H,2-3,5H2,1H3,(H,13,14). The minimum absolute atomic E-state index is 0.105. The summed E-state index contributed by atoms with van der Waals surface area (Å²) in [4.78, 5) is 14.9. The molecule has 0 saturated heterocycles. The fourth-order valence-electron chi connectivity index (χ4n) is 0.971. The third kappa shape index (κ3) is 5.32. The van der Waals surface area contributed by atoms with Gasteiger partial charge in [-0.25, -0.2) is 9.78 Å². The molecule has 0 aliphatic rings. The van der Waals surface area contributed by atoms with Crippen molar-refractivity contribution in [3.8, 4) is 0 Å². The molecule has 0 aliphatic heterocycles. The molecule has 0 amide bonds. The van der Waals surface area contributed by atoms with Gasteiger partial charge >= 0.3 is 12.1 Å². The number of hydrogen-bond donors (Lipinski definition) is 1. The summed E-state index contributed by atoms with van der Waals surface area (Å²) in [6.07, 6.45) is -4.32. The second-order valence-electron chi connectivity index (χ2n) is 3.12. The van der Waals surface area contributed by atoms with Crippen LogP contribution in [0, 0.1) is 0 Å². The maximum Gasteiger partial charge on any atom is 0.411 e. The number of nitrogens with one attached hydrogen (secondary N) is 1. The third-order valence-corrected chi connectivity index (χ3v) is 2.49. The Morgan fingerprint density at radius 3 is 2.89 bits per heavy atom. The van der Waals surface area contributed by atoms with Gasteiger partial charge in [0.25, 0.3) is 0 Å². The summed E-state index contributed by atoms with van der Waals surface area (Å²) in [6.45, 7) is -1.21. The van der Waals surface area contributed by atoms with Crippen LogP contribution in [-0.2, 0) is 9.47 Å². The molecule has 0 spiro atoms. The number of carbonyl (C=O) groups excluding carboxylic acids is 1. The van der Waals surface area contributed by atoms with E-state index in [2.05, 4.69) is 19.8 Å². The van der Waals surface area contributed by atoms with Crippen LogP contribution >= 0.6 is 11.3 Å². The average Bonchev–Trinajstić information content (AvgIpc) is 2.75. The van der Waals surface area contributed by atoms with Crippen LogP contribution in [0.15, 0.2) is 5.38 Å². The van der Waals surface area contributed by atoms with Gasteiger partial charge in [0.05, 0.1) is 13.7 Å². The van der Waals surface area contributed by atoms with Crippen LogP contribution in [0.3, 0.4) is 0 Å². The molecule has 1 aromatic heterocycles. The molecule has 9 heteroatoms. The number of carbonyl (C=O) groups is 1. The summed E-state index contributed by atoms with van der Waals surface area (Å²) in [5.74, 6) is -0.562. The van der Waals surface area contributed by atoms with Gasteiger partial charge in [-0.15, -0.1) is 11.3 Å². The molecule has 1 heterocycles. The van der Waals surface area contributed by atoms with Crippen LogP contribution in [0.5, 0.6) is 0 Å². The second kappa shape index (κ2) is 6.55. The van der Waals surface area contributed by atoms with Gasteiger partial charge in [0.15, 0.2) is 10.8 Å².